The molecule has 0 fully saturated rings. The van der Waals surface area contributed by atoms with Crippen LogP contribution in [-0.2, 0) is 12.8 Å². The minimum atomic E-state index is -4.97. The van der Waals surface area contributed by atoms with E-state index in [-0.39, 0.29) is 0 Å². The van der Waals surface area contributed by atoms with Gasteiger partial charge in [0.2, 0.25) is 0 Å². The predicted octanol–water partition coefficient (Wildman–Crippen LogP) is 4.42. The van der Waals surface area contributed by atoms with Crippen LogP contribution in [0.4, 0.5) is 30.7 Å². The quantitative estimate of drug-likeness (QED) is 0.640. The van der Waals surface area contributed by atoms with E-state index in [1.807, 2.05) is 0 Å². The summed E-state index contributed by atoms with van der Waals surface area (Å²) in [4.78, 5) is 0. The van der Waals surface area contributed by atoms with Crippen molar-refractivity contribution < 1.29 is 35.8 Å². The number of halogens is 7. The van der Waals surface area contributed by atoms with E-state index in [4.69, 9.17) is 5.11 Å². The van der Waals surface area contributed by atoms with Crippen LogP contribution in [0.15, 0.2) is 24.3 Å². The average molecular weight is 324 g/mol. The zero-order valence-corrected chi connectivity index (χ0v) is 10.6. The van der Waals surface area contributed by atoms with E-state index >= 15 is 0 Å². The topological polar surface area (TPSA) is 20.2 Å². The monoisotopic (exact) mass is 324 g/mol. The van der Waals surface area contributed by atoms with E-state index in [1.54, 1.807) is 0 Å². The summed E-state index contributed by atoms with van der Waals surface area (Å²) >= 11 is 0. The van der Waals surface area contributed by atoms with Gasteiger partial charge in [-0.3, -0.25) is 0 Å². The van der Waals surface area contributed by atoms with Crippen LogP contribution in [0.5, 0.6) is 0 Å². The number of aliphatic hydroxyl groups excluding tert-OH is 1. The van der Waals surface area contributed by atoms with Gasteiger partial charge in [-0.05, 0) is 11.6 Å². The average Bonchev–Trinajstić information content (AvgIpc) is 2.46. The Morgan fingerprint density at radius 2 is 1.32 bits per heavy atom. The molecule has 0 saturated heterocycles. The maximum absolute atomic E-state index is 13.9. The van der Waals surface area contributed by atoms with E-state index in [2.05, 4.69) is 0 Å². The van der Waals surface area contributed by atoms with Crippen LogP contribution >= 0.6 is 0 Å². The zero-order chi connectivity index (χ0) is 16.7. The third-order valence-corrected chi connectivity index (χ3v) is 3.01. The van der Waals surface area contributed by atoms with Crippen LogP contribution in [0.2, 0.25) is 0 Å². The van der Waals surface area contributed by atoms with Crippen molar-refractivity contribution in [1.29, 1.82) is 0 Å². The molecule has 0 aliphatic heterocycles. The minimum Gasteiger partial charge on any atom is -0.391 e. The van der Waals surface area contributed by atoms with Gasteiger partial charge in [-0.2, -0.15) is 13.2 Å². The molecule has 0 radical (unpaired) electrons. The molecule has 0 aliphatic carbocycles. The zero-order valence-electron chi connectivity index (χ0n) is 10.6. The van der Waals surface area contributed by atoms with E-state index < -0.39 is 58.3 Å². The van der Waals surface area contributed by atoms with Crippen LogP contribution in [0.25, 0.3) is 11.1 Å². The van der Waals surface area contributed by atoms with Gasteiger partial charge in [0.25, 0.3) is 0 Å². The fourth-order valence-corrected chi connectivity index (χ4v) is 2.00. The Balaban J connectivity index is 2.86. The van der Waals surface area contributed by atoms with E-state index in [1.165, 1.54) is 0 Å². The highest BCUT2D eigenvalue weighted by Crippen LogP contribution is 2.40. The molecule has 22 heavy (non-hydrogen) atoms. The normalized spacial score (nSPS) is 11.8. The molecule has 118 valence electrons. The summed E-state index contributed by atoms with van der Waals surface area (Å²) in [5, 5.41) is 8.70. The SMILES string of the molecule is OCc1c(F)c(F)c(-c2ccccc2C(F)(F)F)c(F)c1F. The number of alkyl halides is 3. The number of hydrogen-bond donors (Lipinski definition) is 1. The lowest BCUT2D eigenvalue weighted by molar-refractivity contribution is -0.137. The summed E-state index contributed by atoms with van der Waals surface area (Å²) in [5.41, 5.74) is -5.24. The fourth-order valence-electron chi connectivity index (χ4n) is 2.00. The Labute approximate surface area is 119 Å². The van der Waals surface area contributed by atoms with Crippen molar-refractivity contribution in [3.8, 4) is 11.1 Å². The number of aliphatic hydroxyl groups is 1. The highest BCUT2D eigenvalue weighted by Gasteiger charge is 2.36. The largest absolute Gasteiger partial charge is 0.417 e. The Hall–Kier alpha value is -2.09. The number of rotatable bonds is 2. The van der Waals surface area contributed by atoms with Gasteiger partial charge in [-0.15, -0.1) is 0 Å². The van der Waals surface area contributed by atoms with Gasteiger partial charge in [0.1, 0.15) is 0 Å². The molecular weight excluding hydrogens is 317 g/mol. The lowest BCUT2D eigenvalue weighted by atomic mass is 9.96. The first-order valence-electron chi connectivity index (χ1n) is 5.82. The minimum absolute atomic E-state index is 0.532. The summed E-state index contributed by atoms with van der Waals surface area (Å²) in [6, 6.07) is 3.24. The van der Waals surface area contributed by atoms with Crippen LogP contribution in [0, 0.1) is 23.3 Å². The predicted molar refractivity (Wildman–Crippen MR) is 62.6 cm³/mol. The van der Waals surface area contributed by atoms with Gasteiger partial charge in [-0.1, -0.05) is 18.2 Å². The van der Waals surface area contributed by atoms with Gasteiger partial charge < -0.3 is 5.11 Å². The molecule has 0 unspecified atom stereocenters. The van der Waals surface area contributed by atoms with E-state index in [9.17, 15) is 30.7 Å². The fraction of sp³-hybridized carbons (Fsp3) is 0.143. The molecule has 0 bridgehead atoms. The van der Waals surface area contributed by atoms with E-state index in [0.29, 0.717) is 12.1 Å². The highest BCUT2D eigenvalue weighted by molar-refractivity contribution is 5.70. The van der Waals surface area contributed by atoms with Crippen molar-refractivity contribution in [1.82, 2.24) is 0 Å². The van der Waals surface area contributed by atoms with Gasteiger partial charge in [0.15, 0.2) is 23.3 Å². The molecule has 0 atom stereocenters. The second-order valence-corrected chi connectivity index (χ2v) is 4.31. The Bertz CT molecular complexity index is 693. The maximum Gasteiger partial charge on any atom is 0.417 e. The molecular formula is C14H7F7O. The molecule has 8 heteroatoms. The standard InChI is InChI=1S/C14H7F7O/c15-10-7(5-22)11(16)13(18)9(12(10)17)6-3-1-2-4-8(6)14(19,20)21/h1-4,22H,5H2. The molecule has 2 rings (SSSR count). The lowest BCUT2D eigenvalue weighted by Crippen LogP contribution is -2.11. The molecule has 1 N–H and O–H groups in total. The molecule has 0 spiro atoms. The van der Waals surface area contributed by atoms with Crippen molar-refractivity contribution in [3.05, 3.63) is 58.7 Å². The second kappa shape index (κ2) is 5.60. The Morgan fingerprint density at radius 3 is 1.77 bits per heavy atom. The molecule has 0 aromatic heterocycles. The van der Waals surface area contributed by atoms with Gasteiger partial charge >= 0.3 is 6.18 Å². The summed E-state index contributed by atoms with van der Waals surface area (Å²) < 4.78 is 93.6. The Kier molecular flexibility index (Phi) is 4.15. The van der Waals surface area contributed by atoms with Crippen molar-refractivity contribution >= 4 is 0 Å². The third kappa shape index (κ3) is 2.54. The number of benzene rings is 2. The van der Waals surface area contributed by atoms with Crippen LogP contribution < -0.4 is 0 Å². The number of hydrogen-bond acceptors (Lipinski definition) is 1. The van der Waals surface area contributed by atoms with Gasteiger partial charge in [0, 0.05) is 0 Å². The summed E-state index contributed by atoms with van der Waals surface area (Å²) in [6.07, 6.45) is -4.97. The molecule has 0 aliphatic rings. The molecule has 2 aromatic carbocycles. The lowest BCUT2D eigenvalue weighted by Gasteiger charge is -2.15. The van der Waals surface area contributed by atoms with Crippen LogP contribution in [0.3, 0.4) is 0 Å². The summed E-state index contributed by atoms with van der Waals surface area (Å²) in [7, 11) is 0. The van der Waals surface area contributed by atoms with Crippen molar-refractivity contribution in [2.75, 3.05) is 0 Å². The van der Waals surface area contributed by atoms with Crippen molar-refractivity contribution in [2.24, 2.45) is 0 Å². The molecule has 0 saturated carbocycles. The summed E-state index contributed by atoms with van der Waals surface area (Å²) in [6.45, 7) is -1.34. The maximum atomic E-state index is 13.9. The smallest absolute Gasteiger partial charge is 0.391 e. The Morgan fingerprint density at radius 1 is 0.818 bits per heavy atom. The third-order valence-electron chi connectivity index (χ3n) is 3.01. The first-order valence-corrected chi connectivity index (χ1v) is 5.82. The first kappa shape index (κ1) is 16.3. The van der Waals surface area contributed by atoms with E-state index in [0.717, 1.165) is 12.1 Å². The highest BCUT2D eigenvalue weighted by atomic mass is 19.4. The van der Waals surface area contributed by atoms with Crippen LogP contribution in [-0.4, -0.2) is 5.11 Å². The molecule has 0 amide bonds. The molecule has 2 aromatic rings. The van der Waals surface area contributed by atoms with Crippen LogP contribution in [0.1, 0.15) is 11.1 Å². The van der Waals surface area contributed by atoms with Crippen molar-refractivity contribution in [2.45, 2.75) is 12.8 Å². The molecule has 0 heterocycles. The van der Waals surface area contributed by atoms with Gasteiger partial charge in [-0.25, -0.2) is 17.6 Å². The second-order valence-electron chi connectivity index (χ2n) is 4.31. The van der Waals surface area contributed by atoms with Crippen molar-refractivity contribution in [3.63, 3.8) is 0 Å². The first-order chi connectivity index (χ1) is 10.2. The van der Waals surface area contributed by atoms with Gasteiger partial charge in [0.05, 0.1) is 23.3 Å². The summed E-state index contributed by atoms with van der Waals surface area (Å²) in [5.74, 6) is -7.87. The molecule has 1 nitrogen and oxygen atoms in total.